The third-order valence-corrected chi connectivity index (χ3v) is 12.7. The van der Waals surface area contributed by atoms with E-state index >= 15 is 0 Å². The summed E-state index contributed by atoms with van der Waals surface area (Å²) in [7, 11) is -3.64. The molecule has 8 aromatic carbocycles. The normalized spacial score (nSPS) is 13.2. The lowest BCUT2D eigenvalue weighted by Gasteiger charge is -2.25. The molecule has 0 N–H and O–H groups in total. The molecule has 0 amide bonds. The fourth-order valence-corrected chi connectivity index (χ4v) is 10.1. The minimum Gasteiger partial charge on any atom is -0.311 e. The van der Waals surface area contributed by atoms with Crippen LogP contribution >= 0.6 is 0 Å². The number of rotatable bonds is 5. The highest BCUT2D eigenvalue weighted by Crippen LogP contribution is 2.47. The summed E-state index contributed by atoms with van der Waals surface area (Å²) in [5, 5.41) is 4.92. The maximum absolute atomic E-state index is 13.8. The summed E-state index contributed by atoms with van der Waals surface area (Å²) >= 11 is 0. The molecular formula is C48H30N2O2S. The van der Waals surface area contributed by atoms with Gasteiger partial charge in [0, 0.05) is 49.7 Å². The summed E-state index contributed by atoms with van der Waals surface area (Å²) in [6.07, 6.45) is 0. The molecule has 1 aliphatic heterocycles. The Hall–Kier alpha value is -6.69. The predicted octanol–water partition coefficient (Wildman–Crippen LogP) is 12.5. The number of anilines is 3. The topological polar surface area (TPSA) is 41.8 Å². The van der Waals surface area contributed by atoms with Crippen LogP contribution in [0.15, 0.2) is 192 Å². The highest BCUT2D eigenvalue weighted by Gasteiger charge is 2.33. The molecule has 1 aliphatic rings. The molecule has 0 radical (unpaired) electrons. The number of para-hydroxylation sites is 4. The zero-order valence-corrected chi connectivity index (χ0v) is 29.3. The van der Waals surface area contributed by atoms with E-state index in [0.29, 0.717) is 9.79 Å². The Bertz CT molecular complexity index is 3130. The van der Waals surface area contributed by atoms with E-state index in [4.69, 9.17) is 0 Å². The first-order valence-electron chi connectivity index (χ1n) is 17.8. The fraction of sp³-hybridized carbons (Fsp3) is 0. The van der Waals surface area contributed by atoms with Crippen molar-refractivity contribution < 1.29 is 8.42 Å². The molecule has 3 heterocycles. The van der Waals surface area contributed by atoms with E-state index in [9.17, 15) is 8.42 Å². The molecule has 0 saturated heterocycles. The maximum atomic E-state index is 13.8. The highest BCUT2D eigenvalue weighted by molar-refractivity contribution is 7.92. The smallest absolute Gasteiger partial charge is 0.207 e. The summed E-state index contributed by atoms with van der Waals surface area (Å²) < 4.78 is 30.0. The standard InChI is InChI=1S/C48H30N2O2S/c51-53(52)46-26-21-32(31-18-23-37(24-19-31)49(35-10-3-1-4-11-35)36-12-5-2-6-13-36)29-42(46)43-30-34(22-27-47(43)53)33-20-25-45-41(28-33)40-16-9-15-39-38-14-7-8-17-44(38)50(45)48(39)40/h1-30H. The van der Waals surface area contributed by atoms with E-state index in [1.807, 2.05) is 54.6 Å². The van der Waals surface area contributed by atoms with Crippen molar-refractivity contribution in [3.05, 3.63) is 182 Å². The molecule has 0 spiro atoms. The first kappa shape index (κ1) is 30.0. The van der Waals surface area contributed by atoms with Crippen molar-refractivity contribution in [2.75, 3.05) is 4.90 Å². The second kappa shape index (κ2) is 11.2. The second-order valence-electron chi connectivity index (χ2n) is 13.8. The number of nitrogens with zero attached hydrogens (tertiary/aromatic N) is 2. The van der Waals surface area contributed by atoms with Crippen LogP contribution in [-0.4, -0.2) is 12.8 Å². The van der Waals surface area contributed by atoms with Crippen molar-refractivity contribution in [2.24, 2.45) is 0 Å². The van der Waals surface area contributed by atoms with Gasteiger partial charge in [0.15, 0.2) is 0 Å². The van der Waals surface area contributed by atoms with Gasteiger partial charge in [-0.1, -0.05) is 103 Å². The fourth-order valence-electron chi connectivity index (χ4n) is 8.44. The van der Waals surface area contributed by atoms with E-state index in [1.54, 1.807) is 12.1 Å². The van der Waals surface area contributed by atoms with Crippen molar-refractivity contribution in [2.45, 2.75) is 9.79 Å². The Morgan fingerprint density at radius 1 is 0.377 bits per heavy atom. The molecule has 250 valence electrons. The van der Waals surface area contributed by atoms with Gasteiger partial charge in [0.25, 0.3) is 0 Å². The lowest BCUT2D eigenvalue weighted by atomic mass is 9.95. The number of aromatic nitrogens is 1. The van der Waals surface area contributed by atoms with Gasteiger partial charge in [-0.3, -0.25) is 0 Å². The zero-order valence-electron chi connectivity index (χ0n) is 28.4. The maximum Gasteiger partial charge on any atom is 0.207 e. The quantitative estimate of drug-likeness (QED) is 0.180. The van der Waals surface area contributed by atoms with Crippen molar-refractivity contribution in [3.63, 3.8) is 0 Å². The predicted molar refractivity (Wildman–Crippen MR) is 218 cm³/mol. The van der Waals surface area contributed by atoms with Gasteiger partial charge in [0.2, 0.25) is 9.84 Å². The number of benzene rings is 8. The van der Waals surface area contributed by atoms with Gasteiger partial charge in [-0.05, 0) is 101 Å². The molecule has 53 heavy (non-hydrogen) atoms. The molecule has 0 unspecified atom stereocenters. The van der Waals surface area contributed by atoms with Crippen LogP contribution in [0.4, 0.5) is 17.1 Å². The molecular weight excluding hydrogens is 669 g/mol. The van der Waals surface area contributed by atoms with Crippen LogP contribution < -0.4 is 4.90 Å². The van der Waals surface area contributed by atoms with Gasteiger partial charge in [-0.25, -0.2) is 8.42 Å². The lowest BCUT2D eigenvalue weighted by Crippen LogP contribution is -2.09. The van der Waals surface area contributed by atoms with Crippen LogP contribution in [0, 0.1) is 0 Å². The molecule has 4 nitrogen and oxygen atoms in total. The van der Waals surface area contributed by atoms with Crippen LogP contribution in [-0.2, 0) is 9.84 Å². The monoisotopic (exact) mass is 698 g/mol. The lowest BCUT2D eigenvalue weighted by molar-refractivity contribution is 0.598. The van der Waals surface area contributed by atoms with E-state index in [-0.39, 0.29) is 0 Å². The summed E-state index contributed by atoms with van der Waals surface area (Å²) in [4.78, 5) is 2.95. The zero-order chi connectivity index (χ0) is 35.3. The third-order valence-electron chi connectivity index (χ3n) is 10.9. The first-order valence-corrected chi connectivity index (χ1v) is 19.2. The SMILES string of the molecule is O=S1(=O)c2ccc(-c3ccc(N(c4ccccc4)c4ccccc4)cc3)cc2-c2cc(-c3ccc4c(c3)c3cccc5c6ccccc6n4c53)ccc21. The molecule has 5 heteroatoms. The number of hydrogen-bond donors (Lipinski definition) is 0. The van der Waals surface area contributed by atoms with E-state index in [1.165, 1.54) is 38.1 Å². The molecule has 0 fully saturated rings. The van der Waals surface area contributed by atoms with E-state index in [2.05, 4.69) is 125 Å². The Morgan fingerprint density at radius 3 is 1.51 bits per heavy atom. The van der Waals surface area contributed by atoms with Gasteiger partial charge in [-0.2, -0.15) is 0 Å². The average Bonchev–Trinajstić information content (AvgIpc) is 3.81. The molecule has 0 atom stereocenters. The molecule has 10 aromatic rings. The van der Waals surface area contributed by atoms with Crippen LogP contribution in [0.5, 0.6) is 0 Å². The van der Waals surface area contributed by atoms with Crippen LogP contribution in [0.2, 0.25) is 0 Å². The van der Waals surface area contributed by atoms with Gasteiger partial charge in [0.1, 0.15) is 0 Å². The van der Waals surface area contributed by atoms with Gasteiger partial charge >= 0.3 is 0 Å². The van der Waals surface area contributed by atoms with Crippen molar-refractivity contribution in [3.8, 4) is 33.4 Å². The van der Waals surface area contributed by atoms with Crippen molar-refractivity contribution in [1.29, 1.82) is 0 Å². The van der Waals surface area contributed by atoms with Crippen LogP contribution in [0.25, 0.3) is 71.5 Å². The first-order chi connectivity index (χ1) is 26.0. The Balaban J connectivity index is 0.995. The minimum atomic E-state index is -3.64. The summed E-state index contributed by atoms with van der Waals surface area (Å²) in [6.45, 7) is 0. The Morgan fingerprint density at radius 2 is 0.849 bits per heavy atom. The highest BCUT2D eigenvalue weighted by atomic mass is 32.2. The van der Waals surface area contributed by atoms with Gasteiger partial charge in [0.05, 0.1) is 26.3 Å². The average molecular weight is 699 g/mol. The van der Waals surface area contributed by atoms with Crippen molar-refractivity contribution >= 4 is 65.0 Å². The molecule has 11 rings (SSSR count). The summed E-state index contributed by atoms with van der Waals surface area (Å²) in [5.41, 5.74) is 12.3. The largest absolute Gasteiger partial charge is 0.311 e. The number of hydrogen-bond acceptors (Lipinski definition) is 3. The molecule has 0 aliphatic carbocycles. The Kier molecular flexibility index (Phi) is 6.31. The summed E-state index contributed by atoms with van der Waals surface area (Å²) in [6, 6.07) is 62.4. The summed E-state index contributed by atoms with van der Waals surface area (Å²) in [5.74, 6) is 0. The second-order valence-corrected chi connectivity index (χ2v) is 15.7. The molecule has 2 aromatic heterocycles. The van der Waals surface area contributed by atoms with E-state index in [0.717, 1.165) is 50.4 Å². The Labute approximate surface area is 306 Å². The van der Waals surface area contributed by atoms with Crippen LogP contribution in [0.3, 0.4) is 0 Å². The molecule has 0 saturated carbocycles. The van der Waals surface area contributed by atoms with E-state index < -0.39 is 9.84 Å². The molecule has 0 bridgehead atoms. The van der Waals surface area contributed by atoms with Gasteiger partial charge < -0.3 is 9.30 Å². The van der Waals surface area contributed by atoms with Crippen LogP contribution in [0.1, 0.15) is 0 Å². The minimum absolute atomic E-state index is 0.358. The van der Waals surface area contributed by atoms with Gasteiger partial charge in [-0.15, -0.1) is 0 Å². The van der Waals surface area contributed by atoms with Crippen molar-refractivity contribution in [1.82, 2.24) is 4.40 Å². The number of sulfone groups is 1. The third kappa shape index (κ3) is 4.38. The number of fused-ring (bicyclic) bond motifs is 9.